The van der Waals surface area contributed by atoms with E-state index in [1.807, 2.05) is 12.1 Å². The first-order valence-corrected chi connectivity index (χ1v) is 9.91. The number of hydrogen-bond acceptors (Lipinski definition) is 3. The fraction of sp³-hybridized carbons (Fsp3) is 0.524. The molecule has 4 rings (SSSR count). The van der Waals surface area contributed by atoms with Gasteiger partial charge in [0.1, 0.15) is 0 Å². The maximum atomic E-state index is 12.6. The lowest BCUT2D eigenvalue weighted by Gasteiger charge is -2.33. The first-order valence-electron chi connectivity index (χ1n) is 9.91. The Bertz CT molecular complexity index is 765. The van der Waals surface area contributed by atoms with Crippen molar-refractivity contribution in [3.63, 3.8) is 0 Å². The lowest BCUT2D eigenvalue weighted by molar-refractivity contribution is 0.102. The van der Waals surface area contributed by atoms with Crippen LogP contribution in [0, 0.1) is 0 Å². The number of piperidine rings is 1. The number of carbonyl (C=O) groups is 1. The molecule has 2 heterocycles. The highest BCUT2D eigenvalue weighted by atomic mass is 16.1. The van der Waals surface area contributed by atoms with E-state index in [9.17, 15) is 4.79 Å². The fourth-order valence-electron chi connectivity index (χ4n) is 4.18. The highest BCUT2D eigenvalue weighted by molar-refractivity contribution is 6.04. The van der Waals surface area contributed by atoms with Crippen molar-refractivity contribution < 1.29 is 4.79 Å². The lowest BCUT2D eigenvalue weighted by Crippen LogP contribution is -2.36. The van der Waals surface area contributed by atoms with Crippen molar-refractivity contribution in [2.75, 3.05) is 11.9 Å². The van der Waals surface area contributed by atoms with Gasteiger partial charge in [0, 0.05) is 29.5 Å². The van der Waals surface area contributed by atoms with Crippen LogP contribution in [0.5, 0.6) is 0 Å². The van der Waals surface area contributed by atoms with Gasteiger partial charge in [-0.15, -0.1) is 0 Å². The second kappa shape index (κ2) is 7.62. The number of carbonyl (C=O) groups excluding carboxylic acids is 1. The number of aromatic amines is 1. The number of nitrogens with one attached hydrogen (secondary N) is 2. The number of aromatic nitrogens is 2. The summed E-state index contributed by atoms with van der Waals surface area (Å²) >= 11 is 0. The third-order valence-electron chi connectivity index (χ3n) is 5.81. The smallest absolute Gasteiger partial charge is 0.276 e. The van der Waals surface area contributed by atoms with E-state index in [2.05, 4.69) is 39.5 Å². The number of benzene rings is 1. The van der Waals surface area contributed by atoms with Gasteiger partial charge >= 0.3 is 0 Å². The van der Waals surface area contributed by atoms with Gasteiger partial charge in [0.05, 0.1) is 0 Å². The van der Waals surface area contributed by atoms with Crippen molar-refractivity contribution in [1.29, 1.82) is 0 Å². The van der Waals surface area contributed by atoms with E-state index in [1.165, 1.54) is 37.8 Å². The number of H-pyrrole nitrogens is 1. The fourth-order valence-corrected chi connectivity index (χ4v) is 4.18. The summed E-state index contributed by atoms with van der Waals surface area (Å²) in [6, 6.07) is 8.91. The van der Waals surface area contributed by atoms with Gasteiger partial charge in [-0.05, 0) is 69.7 Å². The van der Waals surface area contributed by atoms with Crippen LogP contribution in [-0.4, -0.2) is 33.6 Å². The SMILES string of the molecule is CC1CCCCN1Cc1ccc(NC(=O)c2n[nH]c3c2CCCC3)cc1. The first kappa shape index (κ1) is 17.3. The molecule has 1 amide bonds. The Morgan fingerprint density at radius 1 is 1.19 bits per heavy atom. The molecule has 2 aromatic rings. The normalized spacial score (nSPS) is 20.6. The van der Waals surface area contributed by atoms with E-state index < -0.39 is 0 Å². The van der Waals surface area contributed by atoms with Gasteiger partial charge in [-0.2, -0.15) is 5.10 Å². The molecular weight excluding hydrogens is 324 g/mol. The Balaban J connectivity index is 1.39. The van der Waals surface area contributed by atoms with Crippen LogP contribution in [0.1, 0.15) is 66.3 Å². The van der Waals surface area contributed by atoms with Gasteiger partial charge in [0.2, 0.25) is 0 Å². The second-order valence-corrected chi connectivity index (χ2v) is 7.70. The van der Waals surface area contributed by atoms with Crippen LogP contribution >= 0.6 is 0 Å². The van der Waals surface area contributed by atoms with Crippen molar-refractivity contribution >= 4 is 11.6 Å². The number of amides is 1. The lowest BCUT2D eigenvalue weighted by atomic mass is 9.96. The topological polar surface area (TPSA) is 61.0 Å². The van der Waals surface area contributed by atoms with Crippen LogP contribution in [-0.2, 0) is 19.4 Å². The zero-order valence-electron chi connectivity index (χ0n) is 15.6. The van der Waals surface area contributed by atoms with Gasteiger partial charge in [0.15, 0.2) is 5.69 Å². The van der Waals surface area contributed by atoms with Crippen molar-refractivity contribution in [3.8, 4) is 0 Å². The minimum absolute atomic E-state index is 0.109. The molecular formula is C21H28N4O. The molecule has 5 heteroatoms. The maximum absolute atomic E-state index is 12.6. The molecule has 0 saturated carbocycles. The van der Waals surface area contributed by atoms with Gasteiger partial charge in [-0.1, -0.05) is 18.6 Å². The number of nitrogens with zero attached hydrogens (tertiary/aromatic N) is 2. The zero-order chi connectivity index (χ0) is 17.9. The molecule has 0 bridgehead atoms. The van der Waals surface area contributed by atoms with E-state index in [-0.39, 0.29) is 5.91 Å². The Hall–Kier alpha value is -2.14. The van der Waals surface area contributed by atoms with Crippen LogP contribution < -0.4 is 5.32 Å². The number of hydrogen-bond donors (Lipinski definition) is 2. The predicted octanol–water partition coefficient (Wildman–Crippen LogP) is 3.92. The second-order valence-electron chi connectivity index (χ2n) is 7.70. The monoisotopic (exact) mass is 352 g/mol. The first-order chi connectivity index (χ1) is 12.7. The van der Waals surface area contributed by atoms with Crippen LogP contribution in [0.4, 0.5) is 5.69 Å². The van der Waals surface area contributed by atoms with Crippen LogP contribution in [0.15, 0.2) is 24.3 Å². The van der Waals surface area contributed by atoms with Crippen molar-refractivity contribution in [1.82, 2.24) is 15.1 Å². The molecule has 1 aromatic heterocycles. The minimum atomic E-state index is -0.109. The summed E-state index contributed by atoms with van der Waals surface area (Å²) in [4.78, 5) is 15.1. The van der Waals surface area contributed by atoms with E-state index in [0.717, 1.165) is 42.8 Å². The minimum Gasteiger partial charge on any atom is -0.321 e. The van der Waals surface area contributed by atoms with Gasteiger partial charge < -0.3 is 5.32 Å². The molecule has 1 aromatic carbocycles. The molecule has 138 valence electrons. The Kier molecular flexibility index (Phi) is 5.07. The van der Waals surface area contributed by atoms with Gasteiger partial charge in [-0.3, -0.25) is 14.8 Å². The number of fused-ring (bicyclic) bond motifs is 1. The summed E-state index contributed by atoms with van der Waals surface area (Å²) < 4.78 is 0. The number of rotatable bonds is 4. The summed E-state index contributed by atoms with van der Waals surface area (Å²) in [6.45, 7) is 4.49. The number of aryl methyl sites for hydroxylation is 1. The third kappa shape index (κ3) is 3.68. The average molecular weight is 352 g/mol. The molecule has 26 heavy (non-hydrogen) atoms. The number of anilines is 1. The molecule has 1 aliphatic carbocycles. The predicted molar refractivity (Wildman–Crippen MR) is 103 cm³/mol. The summed E-state index contributed by atoms with van der Waals surface area (Å²) in [5.74, 6) is -0.109. The summed E-state index contributed by atoms with van der Waals surface area (Å²) in [7, 11) is 0. The Labute approximate surface area is 155 Å². The average Bonchev–Trinajstić information content (AvgIpc) is 3.09. The van der Waals surface area contributed by atoms with Crippen molar-refractivity contribution in [2.24, 2.45) is 0 Å². The van der Waals surface area contributed by atoms with E-state index in [4.69, 9.17) is 0 Å². The molecule has 2 N–H and O–H groups in total. The van der Waals surface area contributed by atoms with E-state index >= 15 is 0 Å². The highest BCUT2D eigenvalue weighted by Crippen LogP contribution is 2.23. The van der Waals surface area contributed by atoms with E-state index in [0.29, 0.717) is 11.7 Å². The number of likely N-dealkylation sites (tertiary alicyclic amines) is 1. The summed E-state index contributed by atoms with van der Waals surface area (Å²) in [5.41, 5.74) is 4.93. The Morgan fingerprint density at radius 2 is 2.00 bits per heavy atom. The highest BCUT2D eigenvalue weighted by Gasteiger charge is 2.22. The van der Waals surface area contributed by atoms with Crippen molar-refractivity contribution in [2.45, 2.75) is 64.5 Å². The quantitative estimate of drug-likeness (QED) is 0.877. The summed E-state index contributed by atoms with van der Waals surface area (Å²) in [6.07, 6.45) is 8.19. The largest absolute Gasteiger partial charge is 0.321 e. The molecule has 1 aliphatic heterocycles. The molecule has 0 spiro atoms. The van der Waals surface area contributed by atoms with Crippen LogP contribution in [0.25, 0.3) is 0 Å². The van der Waals surface area contributed by atoms with Crippen LogP contribution in [0.3, 0.4) is 0 Å². The van der Waals surface area contributed by atoms with Crippen molar-refractivity contribution in [3.05, 3.63) is 46.8 Å². The molecule has 1 saturated heterocycles. The van der Waals surface area contributed by atoms with Gasteiger partial charge in [-0.25, -0.2) is 0 Å². The summed E-state index contributed by atoms with van der Waals surface area (Å²) in [5, 5.41) is 10.3. The van der Waals surface area contributed by atoms with E-state index in [1.54, 1.807) is 0 Å². The third-order valence-corrected chi connectivity index (χ3v) is 5.81. The molecule has 2 aliphatic rings. The molecule has 1 atom stereocenters. The molecule has 0 radical (unpaired) electrons. The zero-order valence-corrected chi connectivity index (χ0v) is 15.6. The van der Waals surface area contributed by atoms with Gasteiger partial charge in [0.25, 0.3) is 5.91 Å². The molecule has 1 unspecified atom stereocenters. The van der Waals surface area contributed by atoms with Crippen LogP contribution in [0.2, 0.25) is 0 Å². The standard InChI is InChI=1S/C21H28N4O/c1-15-6-4-5-13-25(15)14-16-9-11-17(12-10-16)22-21(26)20-18-7-2-3-8-19(18)23-24-20/h9-12,15H,2-8,13-14H2,1H3,(H,22,26)(H,23,24). The molecule has 5 nitrogen and oxygen atoms in total. The Morgan fingerprint density at radius 3 is 2.81 bits per heavy atom. The maximum Gasteiger partial charge on any atom is 0.276 e. The molecule has 1 fully saturated rings.